The molecule has 1 N–H and O–H groups in total. The number of halogens is 3. The zero-order valence-corrected chi connectivity index (χ0v) is 9.65. The molecule has 0 aliphatic carbocycles. The smallest absolute Gasteiger partial charge is 0.373 e. The van der Waals surface area contributed by atoms with Gasteiger partial charge in [-0.25, -0.2) is 9.97 Å². The van der Waals surface area contributed by atoms with E-state index in [2.05, 4.69) is 20.4 Å². The number of rotatable bonds is 2. The molecular weight excluding hydrogens is 247 g/mol. The summed E-state index contributed by atoms with van der Waals surface area (Å²) >= 11 is 0. The van der Waals surface area contributed by atoms with E-state index in [1.165, 1.54) is 17.8 Å². The third-order valence-corrected chi connectivity index (χ3v) is 2.21. The zero-order chi connectivity index (χ0) is 13.3. The molecule has 0 saturated carbocycles. The second kappa shape index (κ2) is 4.28. The average molecular weight is 257 g/mol. The first-order valence-electron chi connectivity index (χ1n) is 5.04. The third kappa shape index (κ3) is 2.41. The van der Waals surface area contributed by atoms with Crippen LogP contribution in [0.3, 0.4) is 0 Å². The van der Waals surface area contributed by atoms with Crippen LogP contribution in [0.4, 0.5) is 19.0 Å². The summed E-state index contributed by atoms with van der Waals surface area (Å²) in [7, 11) is 3.17. The topological polar surface area (TPSA) is 55.6 Å². The Balaban J connectivity index is 2.54. The Morgan fingerprint density at radius 3 is 2.44 bits per heavy atom. The van der Waals surface area contributed by atoms with Crippen molar-refractivity contribution in [3.05, 3.63) is 24.2 Å². The van der Waals surface area contributed by atoms with Crippen LogP contribution in [0.1, 0.15) is 5.82 Å². The molecule has 2 rings (SSSR count). The van der Waals surface area contributed by atoms with Crippen LogP contribution in [0.5, 0.6) is 0 Å². The van der Waals surface area contributed by atoms with E-state index >= 15 is 0 Å². The zero-order valence-electron chi connectivity index (χ0n) is 9.65. The standard InChI is InChI=1S/C10H10F3N5/c1-14-8-5-7(6-3-4-18(2)17-6)15-9(16-8)10(11,12)13/h3-5H,1-2H3,(H,14,15,16). The van der Waals surface area contributed by atoms with Crippen molar-refractivity contribution in [2.24, 2.45) is 7.05 Å². The summed E-state index contributed by atoms with van der Waals surface area (Å²) in [6, 6.07) is 3.00. The molecule has 96 valence electrons. The maximum absolute atomic E-state index is 12.6. The van der Waals surface area contributed by atoms with Gasteiger partial charge in [-0.2, -0.15) is 18.3 Å². The number of anilines is 1. The molecule has 0 radical (unpaired) electrons. The van der Waals surface area contributed by atoms with Crippen LogP contribution in [0.15, 0.2) is 18.3 Å². The van der Waals surface area contributed by atoms with Crippen LogP contribution >= 0.6 is 0 Å². The van der Waals surface area contributed by atoms with E-state index in [0.29, 0.717) is 5.69 Å². The van der Waals surface area contributed by atoms with E-state index in [4.69, 9.17) is 0 Å². The van der Waals surface area contributed by atoms with Crippen LogP contribution in [0, 0.1) is 0 Å². The van der Waals surface area contributed by atoms with Gasteiger partial charge in [0.2, 0.25) is 5.82 Å². The van der Waals surface area contributed by atoms with Gasteiger partial charge in [0, 0.05) is 26.4 Å². The molecule has 8 heteroatoms. The lowest BCUT2D eigenvalue weighted by molar-refractivity contribution is -0.144. The monoisotopic (exact) mass is 257 g/mol. The number of nitrogens with one attached hydrogen (secondary N) is 1. The largest absolute Gasteiger partial charge is 0.451 e. The minimum atomic E-state index is -4.59. The number of alkyl halides is 3. The Morgan fingerprint density at radius 1 is 1.22 bits per heavy atom. The van der Waals surface area contributed by atoms with Gasteiger partial charge >= 0.3 is 6.18 Å². The second-order valence-electron chi connectivity index (χ2n) is 3.58. The van der Waals surface area contributed by atoms with Gasteiger partial charge in [0.05, 0.1) is 5.69 Å². The molecule has 0 aliphatic heterocycles. The van der Waals surface area contributed by atoms with E-state index in [9.17, 15) is 13.2 Å². The lowest BCUT2D eigenvalue weighted by atomic mass is 10.3. The second-order valence-corrected chi connectivity index (χ2v) is 3.58. The quantitative estimate of drug-likeness (QED) is 0.893. The highest BCUT2D eigenvalue weighted by Crippen LogP contribution is 2.29. The number of nitrogens with zero attached hydrogens (tertiary/aromatic N) is 4. The number of aromatic nitrogens is 4. The summed E-state index contributed by atoms with van der Waals surface area (Å²) in [6.07, 6.45) is -2.96. The molecule has 0 bridgehead atoms. The Morgan fingerprint density at radius 2 is 1.94 bits per heavy atom. The highest BCUT2D eigenvalue weighted by Gasteiger charge is 2.35. The fraction of sp³-hybridized carbons (Fsp3) is 0.300. The normalized spacial score (nSPS) is 11.6. The molecule has 2 aromatic heterocycles. The van der Waals surface area contributed by atoms with E-state index in [1.54, 1.807) is 19.3 Å². The maximum atomic E-state index is 12.6. The van der Waals surface area contributed by atoms with Crippen LogP contribution < -0.4 is 5.32 Å². The first kappa shape index (κ1) is 12.3. The molecule has 5 nitrogen and oxygen atoms in total. The molecule has 2 aromatic rings. The summed E-state index contributed by atoms with van der Waals surface area (Å²) < 4.78 is 39.4. The SMILES string of the molecule is CNc1cc(-c2ccn(C)n2)nc(C(F)(F)F)n1. The van der Waals surface area contributed by atoms with E-state index in [0.717, 1.165) is 0 Å². The Labute approximate surface area is 101 Å². The lowest BCUT2D eigenvalue weighted by Crippen LogP contribution is -2.13. The molecule has 0 saturated heterocycles. The predicted molar refractivity (Wildman–Crippen MR) is 58.8 cm³/mol. The van der Waals surface area contributed by atoms with Crippen molar-refractivity contribution in [1.82, 2.24) is 19.7 Å². The average Bonchev–Trinajstić information content (AvgIpc) is 2.74. The molecule has 18 heavy (non-hydrogen) atoms. The lowest BCUT2D eigenvalue weighted by Gasteiger charge is -2.08. The van der Waals surface area contributed by atoms with Crippen molar-refractivity contribution in [3.63, 3.8) is 0 Å². The van der Waals surface area contributed by atoms with E-state index in [-0.39, 0.29) is 11.5 Å². The summed E-state index contributed by atoms with van der Waals surface area (Å²) in [4.78, 5) is 6.86. The molecule has 0 amide bonds. The number of hydrogen-bond donors (Lipinski definition) is 1. The van der Waals surface area contributed by atoms with E-state index < -0.39 is 12.0 Å². The van der Waals surface area contributed by atoms with Crippen molar-refractivity contribution in [3.8, 4) is 11.4 Å². The summed E-state index contributed by atoms with van der Waals surface area (Å²) in [5.74, 6) is -1.09. The van der Waals surface area contributed by atoms with Gasteiger partial charge in [0.1, 0.15) is 11.5 Å². The van der Waals surface area contributed by atoms with Gasteiger partial charge in [-0.1, -0.05) is 0 Å². The van der Waals surface area contributed by atoms with Crippen LogP contribution in [-0.2, 0) is 13.2 Å². The van der Waals surface area contributed by atoms with Crippen molar-refractivity contribution >= 4 is 5.82 Å². The molecule has 0 fully saturated rings. The fourth-order valence-electron chi connectivity index (χ4n) is 1.38. The first-order valence-corrected chi connectivity index (χ1v) is 5.04. The Hall–Kier alpha value is -2.12. The molecule has 0 aromatic carbocycles. The Kier molecular flexibility index (Phi) is 2.93. The van der Waals surface area contributed by atoms with Gasteiger partial charge in [0.15, 0.2) is 0 Å². The predicted octanol–water partition coefficient (Wildman–Crippen LogP) is 1.94. The van der Waals surface area contributed by atoms with Gasteiger partial charge in [-0.3, -0.25) is 4.68 Å². The van der Waals surface area contributed by atoms with Crippen molar-refractivity contribution in [1.29, 1.82) is 0 Å². The molecule has 0 aliphatic rings. The number of aryl methyl sites for hydroxylation is 1. The molecule has 2 heterocycles. The van der Waals surface area contributed by atoms with Crippen molar-refractivity contribution in [2.45, 2.75) is 6.18 Å². The van der Waals surface area contributed by atoms with Crippen molar-refractivity contribution < 1.29 is 13.2 Å². The summed E-state index contributed by atoms with van der Waals surface area (Å²) in [5.41, 5.74) is 0.490. The summed E-state index contributed by atoms with van der Waals surface area (Å²) in [5, 5.41) is 6.58. The summed E-state index contributed by atoms with van der Waals surface area (Å²) in [6.45, 7) is 0. The molecule has 0 atom stereocenters. The van der Waals surface area contributed by atoms with Gasteiger partial charge in [-0.05, 0) is 6.07 Å². The molecular formula is C10H10F3N5. The highest BCUT2D eigenvalue weighted by molar-refractivity contribution is 5.58. The first-order chi connectivity index (χ1) is 8.40. The fourth-order valence-corrected chi connectivity index (χ4v) is 1.38. The molecule has 0 unspecified atom stereocenters. The van der Waals surface area contributed by atoms with Gasteiger partial charge in [0.25, 0.3) is 0 Å². The van der Waals surface area contributed by atoms with Crippen LogP contribution in [0.2, 0.25) is 0 Å². The number of hydrogen-bond acceptors (Lipinski definition) is 4. The molecule has 0 spiro atoms. The minimum absolute atomic E-state index is 0.0954. The third-order valence-electron chi connectivity index (χ3n) is 2.21. The van der Waals surface area contributed by atoms with Crippen molar-refractivity contribution in [2.75, 3.05) is 12.4 Å². The minimum Gasteiger partial charge on any atom is -0.373 e. The van der Waals surface area contributed by atoms with E-state index in [1.807, 2.05) is 0 Å². The van der Waals surface area contributed by atoms with Crippen LogP contribution in [-0.4, -0.2) is 26.8 Å². The van der Waals surface area contributed by atoms with Crippen LogP contribution in [0.25, 0.3) is 11.4 Å². The highest BCUT2D eigenvalue weighted by atomic mass is 19.4. The van der Waals surface area contributed by atoms with Gasteiger partial charge in [-0.15, -0.1) is 0 Å². The Bertz CT molecular complexity index is 561. The maximum Gasteiger partial charge on any atom is 0.451 e. The van der Waals surface area contributed by atoms with Gasteiger partial charge < -0.3 is 5.32 Å².